The van der Waals surface area contributed by atoms with E-state index >= 15 is 0 Å². The Kier molecular flexibility index (Phi) is 5.46. The van der Waals surface area contributed by atoms with E-state index in [0.29, 0.717) is 29.3 Å². The van der Waals surface area contributed by atoms with Gasteiger partial charge in [0, 0.05) is 35.7 Å². The predicted octanol–water partition coefficient (Wildman–Crippen LogP) is 3.02. The maximum atomic E-state index is 12.5. The highest BCUT2D eigenvalue weighted by molar-refractivity contribution is 6.09. The van der Waals surface area contributed by atoms with Crippen LogP contribution in [0.25, 0.3) is 0 Å². The highest BCUT2D eigenvalue weighted by atomic mass is 16.2. The lowest BCUT2D eigenvalue weighted by Crippen LogP contribution is -2.29. The van der Waals surface area contributed by atoms with Crippen LogP contribution in [0.1, 0.15) is 35.7 Å². The molecule has 0 aliphatic heterocycles. The van der Waals surface area contributed by atoms with Crippen LogP contribution in [-0.4, -0.2) is 24.1 Å². The van der Waals surface area contributed by atoms with Crippen LogP contribution in [0.2, 0.25) is 0 Å². The molecule has 0 radical (unpaired) electrons. The molecule has 2 aromatic rings. The molecule has 1 fully saturated rings. The van der Waals surface area contributed by atoms with Gasteiger partial charge in [-0.25, -0.2) is 0 Å². The molecule has 2 unspecified atom stereocenters. The highest BCUT2D eigenvalue weighted by Crippen LogP contribution is 2.37. The van der Waals surface area contributed by atoms with E-state index in [4.69, 9.17) is 0 Å². The van der Waals surface area contributed by atoms with Crippen LogP contribution in [0.4, 0.5) is 5.69 Å². The van der Waals surface area contributed by atoms with Crippen molar-refractivity contribution in [1.82, 2.24) is 5.32 Å². The number of ketones is 1. The Hall–Kier alpha value is -2.95. The molecule has 26 heavy (non-hydrogen) atoms. The Morgan fingerprint density at radius 2 is 1.69 bits per heavy atom. The van der Waals surface area contributed by atoms with Crippen LogP contribution in [-0.2, 0) is 9.59 Å². The fraction of sp³-hybridized carbons (Fsp3) is 0.286. The Labute approximate surface area is 152 Å². The minimum Gasteiger partial charge on any atom is -0.355 e. The largest absolute Gasteiger partial charge is 0.355 e. The van der Waals surface area contributed by atoms with E-state index in [2.05, 4.69) is 10.6 Å². The first-order valence-electron chi connectivity index (χ1n) is 8.82. The van der Waals surface area contributed by atoms with Gasteiger partial charge in [-0.2, -0.15) is 0 Å². The third kappa shape index (κ3) is 4.57. The minimum atomic E-state index is -0.196. The first-order valence-corrected chi connectivity index (χ1v) is 8.82. The van der Waals surface area contributed by atoms with Crippen LogP contribution >= 0.6 is 0 Å². The summed E-state index contributed by atoms with van der Waals surface area (Å²) in [6.45, 7) is 2.36. The molecule has 134 valence electrons. The van der Waals surface area contributed by atoms with Gasteiger partial charge in [-0.1, -0.05) is 49.4 Å². The summed E-state index contributed by atoms with van der Waals surface area (Å²) in [6, 6.07) is 15.9. The molecular weight excluding hydrogens is 328 g/mol. The standard InChI is InChI=1S/C21H22N2O3/c1-14-12-18(14)21(26)22-11-10-19(24)23-17-9-5-8-16(13-17)20(25)15-6-3-2-4-7-15/h2-9,13-14,18H,10-12H2,1H3,(H,22,26)(H,23,24). The van der Waals surface area contributed by atoms with E-state index in [1.807, 2.05) is 25.1 Å². The summed E-state index contributed by atoms with van der Waals surface area (Å²) in [5, 5.41) is 5.56. The summed E-state index contributed by atoms with van der Waals surface area (Å²) in [7, 11) is 0. The predicted molar refractivity (Wildman–Crippen MR) is 99.8 cm³/mol. The molecule has 2 N–H and O–H groups in total. The van der Waals surface area contributed by atoms with Crippen molar-refractivity contribution in [2.24, 2.45) is 11.8 Å². The number of carbonyl (C=O) groups excluding carboxylic acids is 3. The minimum absolute atomic E-state index is 0.0285. The third-order valence-electron chi connectivity index (χ3n) is 4.54. The molecule has 1 saturated carbocycles. The first kappa shape index (κ1) is 17.9. The zero-order valence-corrected chi connectivity index (χ0v) is 14.7. The Balaban J connectivity index is 1.52. The average molecular weight is 350 g/mol. The SMILES string of the molecule is CC1CC1C(=O)NCCC(=O)Nc1cccc(C(=O)c2ccccc2)c1. The molecule has 5 heteroatoms. The maximum absolute atomic E-state index is 12.5. The molecule has 2 amide bonds. The number of benzene rings is 2. The molecule has 1 aliphatic carbocycles. The summed E-state index contributed by atoms with van der Waals surface area (Å²) in [5.74, 6) is 0.305. The van der Waals surface area contributed by atoms with E-state index in [1.165, 1.54) is 0 Å². The third-order valence-corrected chi connectivity index (χ3v) is 4.54. The molecule has 0 spiro atoms. The molecule has 0 bridgehead atoms. The van der Waals surface area contributed by atoms with Crippen LogP contribution in [0, 0.1) is 11.8 Å². The maximum Gasteiger partial charge on any atom is 0.226 e. The quantitative estimate of drug-likeness (QED) is 0.754. The van der Waals surface area contributed by atoms with Gasteiger partial charge in [-0.3, -0.25) is 14.4 Å². The summed E-state index contributed by atoms with van der Waals surface area (Å²) >= 11 is 0. The topological polar surface area (TPSA) is 75.3 Å². The number of amides is 2. The van der Waals surface area contributed by atoms with E-state index in [-0.39, 0.29) is 29.9 Å². The van der Waals surface area contributed by atoms with Gasteiger partial charge in [0.2, 0.25) is 11.8 Å². The van der Waals surface area contributed by atoms with Crippen LogP contribution < -0.4 is 10.6 Å². The smallest absolute Gasteiger partial charge is 0.226 e. The number of anilines is 1. The summed E-state index contributed by atoms with van der Waals surface area (Å²) in [4.78, 5) is 36.2. The van der Waals surface area contributed by atoms with Crippen molar-refractivity contribution < 1.29 is 14.4 Å². The zero-order valence-electron chi connectivity index (χ0n) is 14.7. The van der Waals surface area contributed by atoms with Gasteiger partial charge < -0.3 is 10.6 Å². The number of hydrogen-bond acceptors (Lipinski definition) is 3. The second-order valence-corrected chi connectivity index (χ2v) is 6.68. The second-order valence-electron chi connectivity index (χ2n) is 6.68. The van der Waals surface area contributed by atoms with E-state index in [9.17, 15) is 14.4 Å². The molecule has 2 atom stereocenters. The number of hydrogen-bond donors (Lipinski definition) is 2. The van der Waals surface area contributed by atoms with E-state index < -0.39 is 0 Å². The Morgan fingerprint density at radius 1 is 1.00 bits per heavy atom. The molecule has 0 heterocycles. The van der Waals surface area contributed by atoms with E-state index in [0.717, 1.165) is 6.42 Å². The Bertz CT molecular complexity index is 817. The van der Waals surface area contributed by atoms with Crippen molar-refractivity contribution in [3.05, 3.63) is 65.7 Å². The van der Waals surface area contributed by atoms with Gasteiger partial charge in [-0.15, -0.1) is 0 Å². The first-order chi connectivity index (χ1) is 12.5. The molecule has 1 aliphatic rings. The van der Waals surface area contributed by atoms with Gasteiger partial charge in [0.05, 0.1) is 0 Å². The van der Waals surface area contributed by atoms with Crippen molar-refractivity contribution >= 4 is 23.3 Å². The van der Waals surface area contributed by atoms with Gasteiger partial charge in [0.25, 0.3) is 0 Å². The lowest BCUT2D eigenvalue weighted by Gasteiger charge is -2.08. The highest BCUT2D eigenvalue weighted by Gasteiger charge is 2.38. The molecular formula is C21H22N2O3. The summed E-state index contributed by atoms with van der Waals surface area (Å²) in [5.41, 5.74) is 1.69. The van der Waals surface area contributed by atoms with Crippen LogP contribution in [0.15, 0.2) is 54.6 Å². The van der Waals surface area contributed by atoms with E-state index in [1.54, 1.807) is 36.4 Å². The van der Waals surface area contributed by atoms with Crippen LogP contribution in [0.3, 0.4) is 0 Å². The monoisotopic (exact) mass is 350 g/mol. The van der Waals surface area contributed by atoms with Crippen molar-refractivity contribution in [2.45, 2.75) is 19.8 Å². The molecule has 2 aromatic carbocycles. The lowest BCUT2D eigenvalue weighted by atomic mass is 10.0. The van der Waals surface area contributed by atoms with Gasteiger partial charge in [0.1, 0.15) is 0 Å². The summed E-state index contributed by atoms with van der Waals surface area (Å²) < 4.78 is 0. The average Bonchev–Trinajstić information content (AvgIpc) is 3.39. The second kappa shape index (κ2) is 7.95. The number of nitrogens with one attached hydrogen (secondary N) is 2. The molecule has 5 nitrogen and oxygen atoms in total. The van der Waals surface area contributed by atoms with Gasteiger partial charge >= 0.3 is 0 Å². The summed E-state index contributed by atoms with van der Waals surface area (Å²) in [6.07, 6.45) is 1.13. The van der Waals surface area contributed by atoms with Crippen molar-refractivity contribution in [3.8, 4) is 0 Å². The van der Waals surface area contributed by atoms with Gasteiger partial charge in [0.15, 0.2) is 5.78 Å². The van der Waals surface area contributed by atoms with Crippen molar-refractivity contribution in [3.63, 3.8) is 0 Å². The molecule has 0 saturated heterocycles. The number of carbonyl (C=O) groups is 3. The van der Waals surface area contributed by atoms with Gasteiger partial charge in [-0.05, 0) is 24.5 Å². The fourth-order valence-electron chi connectivity index (χ4n) is 2.84. The van der Waals surface area contributed by atoms with Crippen molar-refractivity contribution in [1.29, 1.82) is 0 Å². The fourth-order valence-corrected chi connectivity index (χ4v) is 2.84. The zero-order chi connectivity index (χ0) is 18.5. The number of rotatable bonds is 7. The Morgan fingerprint density at radius 3 is 2.38 bits per heavy atom. The normalized spacial score (nSPS) is 18.0. The lowest BCUT2D eigenvalue weighted by molar-refractivity contribution is -0.122. The van der Waals surface area contributed by atoms with Crippen LogP contribution in [0.5, 0.6) is 0 Å². The molecule has 0 aromatic heterocycles. The van der Waals surface area contributed by atoms with Crippen molar-refractivity contribution in [2.75, 3.05) is 11.9 Å². The molecule has 3 rings (SSSR count).